The van der Waals surface area contributed by atoms with Gasteiger partial charge in [0, 0.05) is 22.0 Å². The van der Waals surface area contributed by atoms with Gasteiger partial charge >= 0.3 is 0 Å². The molecule has 144 valence electrons. The van der Waals surface area contributed by atoms with Crippen LogP contribution in [0.3, 0.4) is 0 Å². The Morgan fingerprint density at radius 3 is 2.82 bits per heavy atom. The minimum absolute atomic E-state index is 0.0473. The standard InChI is InChI=1S/C19H16BrClN4O2S/c1-10-16(11(2)26)17(14-7-8-15(20)27-14)25-18(22-10)23-19(24-25)28-9-12-5-3-4-6-13(12)21/h3-8,17H,9H2,1-2H3,(H,22,23,24). The van der Waals surface area contributed by atoms with E-state index in [1.807, 2.05) is 37.3 Å². The second-order valence-corrected chi connectivity index (χ2v) is 8.44. The highest BCUT2D eigenvalue weighted by Gasteiger charge is 2.34. The Hall–Kier alpha value is -2.03. The molecule has 3 aromatic rings. The average Bonchev–Trinajstić information content (AvgIpc) is 3.25. The molecule has 1 aliphatic rings. The fourth-order valence-corrected chi connectivity index (χ4v) is 4.58. The molecule has 9 heteroatoms. The van der Waals surface area contributed by atoms with Gasteiger partial charge in [-0.25, -0.2) is 4.68 Å². The van der Waals surface area contributed by atoms with Crippen molar-refractivity contribution < 1.29 is 9.21 Å². The third-order valence-corrected chi connectivity index (χ3v) is 6.07. The van der Waals surface area contributed by atoms with Crippen LogP contribution in [0.2, 0.25) is 5.02 Å². The van der Waals surface area contributed by atoms with Crippen molar-refractivity contribution in [2.45, 2.75) is 30.8 Å². The number of rotatable bonds is 5. The molecule has 4 rings (SSSR count). The van der Waals surface area contributed by atoms with E-state index in [4.69, 9.17) is 16.0 Å². The number of fused-ring (bicyclic) bond motifs is 1. The van der Waals surface area contributed by atoms with Crippen LogP contribution in [0.15, 0.2) is 61.9 Å². The van der Waals surface area contributed by atoms with E-state index in [1.54, 1.807) is 17.7 Å². The molecule has 1 aromatic carbocycles. The van der Waals surface area contributed by atoms with E-state index in [0.29, 0.717) is 37.9 Å². The Bertz CT molecular complexity index is 1090. The van der Waals surface area contributed by atoms with E-state index in [0.717, 1.165) is 11.3 Å². The molecule has 3 heterocycles. The van der Waals surface area contributed by atoms with Crippen LogP contribution in [0, 0.1) is 0 Å². The molecule has 0 radical (unpaired) electrons. The summed E-state index contributed by atoms with van der Waals surface area (Å²) in [5.41, 5.74) is 2.36. The van der Waals surface area contributed by atoms with Crippen molar-refractivity contribution in [3.8, 4) is 0 Å². The maximum atomic E-state index is 12.3. The maximum absolute atomic E-state index is 12.3. The number of halogens is 2. The van der Waals surface area contributed by atoms with Crippen molar-refractivity contribution in [2.75, 3.05) is 5.32 Å². The number of hydrogen-bond acceptors (Lipinski definition) is 6. The van der Waals surface area contributed by atoms with Gasteiger partial charge in [0.05, 0.1) is 0 Å². The topological polar surface area (TPSA) is 73.0 Å². The molecule has 0 saturated carbocycles. The number of allylic oxidation sites excluding steroid dienone is 2. The van der Waals surface area contributed by atoms with Gasteiger partial charge in [-0.3, -0.25) is 4.79 Å². The largest absolute Gasteiger partial charge is 0.452 e. The number of furan rings is 1. The van der Waals surface area contributed by atoms with Crippen molar-refractivity contribution >= 4 is 51.0 Å². The Morgan fingerprint density at radius 1 is 1.36 bits per heavy atom. The third kappa shape index (κ3) is 3.64. The fourth-order valence-electron chi connectivity index (χ4n) is 3.14. The van der Waals surface area contributed by atoms with Crippen molar-refractivity contribution in [3.63, 3.8) is 0 Å². The summed E-state index contributed by atoms with van der Waals surface area (Å²) in [6.07, 6.45) is 0. The molecule has 6 nitrogen and oxygen atoms in total. The van der Waals surface area contributed by atoms with Crippen molar-refractivity contribution in [1.82, 2.24) is 14.8 Å². The number of anilines is 1. The zero-order chi connectivity index (χ0) is 19.8. The second kappa shape index (κ2) is 7.77. The normalized spacial score (nSPS) is 16.1. The number of Topliss-reactive ketones (excluding diaryl/α,β-unsaturated/α-hetero) is 1. The molecule has 1 aliphatic heterocycles. The van der Waals surface area contributed by atoms with Crippen LogP contribution in [0.1, 0.15) is 31.2 Å². The van der Waals surface area contributed by atoms with E-state index in [9.17, 15) is 4.79 Å². The minimum Gasteiger partial charge on any atom is -0.452 e. The van der Waals surface area contributed by atoms with E-state index < -0.39 is 6.04 Å². The number of carbonyl (C=O) groups is 1. The first-order valence-corrected chi connectivity index (χ1v) is 10.7. The molecule has 1 N–H and O–H groups in total. The van der Waals surface area contributed by atoms with Gasteiger partial charge in [-0.15, -0.1) is 5.10 Å². The molecule has 28 heavy (non-hydrogen) atoms. The fraction of sp³-hybridized carbons (Fsp3) is 0.211. The van der Waals surface area contributed by atoms with Crippen LogP contribution in [0.4, 0.5) is 5.95 Å². The number of aromatic nitrogens is 3. The van der Waals surface area contributed by atoms with Crippen LogP contribution >= 0.6 is 39.3 Å². The number of benzene rings is 1. The Balaban J connectivity index is 1.68. The van der Waals surface area contributed by atoms with Crippen LogP contribution < -0.4 is 5.32 Å². The lowest BCUT2D eigenvalue weighted by Gasteiger charge is -2.26. The van der Waals surface area contributed by atoms with Gasteiger partial charge < -0.3 is 9.73 Å². The molecule has 0 spiro atoms. The zero-order valence-electron chi connectivity index (χ0n) is 15.1. The SMILES string of the molecule is CC(=O)C1=C(C)Nc2nc(SCc3ccccc3Cl)nn2C1c1ccc(Br)o1. The third-order valence-electron chi connectivity index (χ3n) is 4.39. The van der Waals surface area contributed by atoms with Crippen molar-refractivity contribution in [1.29, 1.82) is 0 Å². The van der Waals surface area contributed by atoms with E-state index in [1.165, 1.54) is 11.8 Å². The van der Waals surface area contributed by atoms with Gasteiger partial charge in [0.1, 0.15) is 11.8 Å². The lowest BCUT2D eigenvalue weighted by Crippen LogP contribution is -2.27. The van der Waals surface area contributed by atoms with Gasteiger partial charge in [0.2, 0.25) is 11.1 Å². The average molecular weight is 480 g/mol. The van der Waals surface area contributed by atoms with Crippen molar-refractivity contribution in [2.24, 2.45) is 0 Å². The van der Waals surface area contributed by atoms with Crippen molar-refractivity contribution in [3.05, 3.63) is 68.7 Å². The molecule has 0 bridgehead atoms. The second-order valence-electron chi connectivity index (χ2n) is 6.31. The summed E-state index contributed by atoms with van der Waals surface area (Å²) in [6, 6.07) is 10.9. The summed E-state index contributed by atoms with van der Waals surface area (Å²) >= 11 is 11.0. The Kier molecular flexibility index (Phi) is 5.35. The summed E-state index contributed by atoms with van der Waals surface area (Å²) in [4.78, 5) is 16.9. The van der Waals surface area contributed by atoms with Gasteiger partial charge in [0.15, 0.2) is 10.5 Å². The molecule has 0 fully saturated rings. The lowest BCUT2D eigenvalue weighted by atomic mass is 9.98. The van der Waals surface area contributed by atoms with Crippen LogP contribution in [0.5, 0.6) is 0 Å². The van der Waals surface area contributed by atoms with Crippen LogP contribution in [-0.2, 0) is 10.5 Å². The van der Waals surface area contributed by atoms with Gasteiger partial charge in [-0.05, 0) is 53.5 Å². The summed E-state index contributed by atoms with van der Waals surface area (Å²) < 4.78 is 8.04. The van der Waals surface area contributed by atoms with E-state index in [-0.39, 0.29) is 5.78 Å². The quantitative estimate of drug-likeness (QED) is 0.490. The highest BCUT2D eigenvalue weighted by Crippen LogP contribution is 2.38. The Labute approximate surface area is 179 Å². The van der Waals surface area contributed by atoms with Crippen LogP contribution in [0.25, 0.3) is 0 Å². The number of hydrogen-bond donors (Lipinski definition) is 1. The first-order valence-electron chi connectivity index (χ1n) is 8.50. The van der Waals surface area contributed by atoms with Gasteiger partial charge in [0.25, 0.3) is 0 Å². The maximum Gasteiger partial charge on any atom is 0.227 e. The summed E-state index contributed by atoms with van der Waals surface area (Å²) in [5, 5.41) is 9.12. The lowest BCUT2D eigenvalue weighted by molar-refractivity contribution is -0.114. The first-order chi connectivity index (χ1) is 13.4. The zero-order valence-corrected chi connectivity index (χ0v) is 18.2. The minimum atomic E-state index is -0.470. The number of ketones is 1. The smallest absolute Gasteiger partial charge is 0.227 e. The van der Waals surface area contributed by atoms with Crippen LogP contribution in [-0.4, -0.2) is 20.5 Å². The Morgan fingerprint density at radius 2 is 2.14 bits per heavy atom. The van der Waals surface area contributed by atoms with E-state index >= 15 is 0 Å². The molecular weight excluding hydrogens is 464 g/mol. The molecule has 1 atom stereocenters. The summed E-state index contributed by atoms with van der Waals surface area (Å²) in [6.45, 7) is 3.40. The molecule has 0 amide bonds. The molecule has 0 aliphatic carbocycles. The van der Waals surface area contributed by atoms with E-state index in [2.05, 4.69) is 31.3 Å². The highest BCUT2D eigenvalue weighted by molar-refractivity contribution is 9.10. The number of carbonyl (C=O) groups excluding carboxylic acids is 1. The highest BCUT2D eigenvalue weighted by atomic mass is 79.9. The predicted molar refractivity (Wildman–Crippen MR) is 113 cm³/mol. The van der Waals surface area contributed by atoms with Gasteiger partial charge in [-0.1, -0.05) is 41.6 Å². The number of thioether (sulfide) groups is 1. The molecular formula is C19H16BrClN4O2S. The predicted octanol–water partition coefficient (Wildman–Crippen LogP) is 5.46. The summed E-state index contributed by atoms with van der Waals surface area (Å²) in [7, 11) is 0. The molecule has 2 aromatic heterocycles. The molecule has 0 saturated heterocycles. The monoisotopic (exact) mass is 478 g/mol. The summed E-state index contributed by atoms with van der Waals surface area (Å²) in [5.74, 6) is 1.79. The van der Waals surface area contributed by atoms with Gasteiger partial charge in [-0.2, -0.15) is 4.98 Å². The number of nitrogens with zero attached hydrogens (tertiary/aromatic N) is 3. The molecule has 1 unspecified atom stereocenters. The number of nitrogens with one attached hydrogen (secondary N) is 1. The first kappa shape index (κ1) is 19.3.